The lowest BCUT2D eigenvalue weighted by molar-refractivity contribution is -0.140. The highest BCUT2D eigenvalue weighted by molar-refractivity contribution is 8.00. The fraction of sp³-hybridized carbons (Fsp3) is 0.444. The predicted octanol–water partition coefficient (Wildman–Crippen LogP) is 3.31. The maximum atomic E-state index is 14.5. The number of methoxy groups -OCH3 is 1. The number of rotatable bonds is 5. The molecule has 3 rings (SSSR count). The number of benzene rings is 1. The Bertz CT molecular complexity index is 823. The van der Waals surface area contributed by atoms with Crippen molar-refractivity contribution in [1.29, 1.82) is 0 Å². The molecule has 0 bridgehead atoms. The smallest absolute Gasteiger partial charge is 0.348 e. The summed E-state index contributed by atoms with van der Waals surface area (Å²) < 4.78 is 25.2. The van der Waals surface area contributed by atoms with Gasteiger partial charge < -0.3 is 9.47 Å². The molecule has 2 aromatic rings. The third kappa shape index (κ3) is 3.87. The number of esters is 2. The van der Waals surface area contributed by atoms with E-state index < -0.39 is 5.97 Å². The summed E-state index contributed by atoms with van der Waals surface area (Å²) in [6.45, 7) is 3.66. The number of fused-ring (bicyclic) bond motifs is 1. The number of hydrogen-bond acceptors (Lipinski definition) is 7. The van der Waals surface area contributed by atoms with Crippen molar-refractivity contribution >= 4 is 45.1 Å². The minimum atomic E-state index is -0.431. The van der Waals surface area contributed by atoms with Gasteiger partial charge in [-0.1, -0.05) is 6.07 Å². The van der Waals surface area contributed by atoms with Crippen LogP contribution >= 0.6 is 23.1 Å². The van der Waals surface area contributed by atoms with E-state index in [1.807, 2.05) is 0 Å². The van der Waals surface area contributed by atoms with Crippen molar-refractivity contribution in [3.05, 3.63) is 34.5 Å². The maximum absolute atomic E-state index is 14.5. The number of ether oxygens (including phenoxy) is 2. The molecule has 26 heavy (non-hydrogen) atoms. The quantitative estimate of drug-likeness (QED) is 0.722. The lowest BCUT2D eigenvalue weighted by Gasteiger charge is -2.31. The van der Waals surface area contributed by atoms with Gasteiger partial charge in [-0.05, 0) is 19.1 Å². The molecule has 0 aliphatic carbocycles. The van der Waals surface area contributed by atoms with E-state index in [-0.39, 0.29) is 23.6 Å². The number of halogens is 1. The monoisotopic (exact) mass is 397 g/mol. The van der Waals surface area contributed by atoms with Crippen LogP contribution in [-0.4, -0.2) is 54.6 Å². The zero-order valence-corrected chi connectivity index (χ0v) is 16.3. The van der Waals surface area contributed by atoms with Crippen LogP contribution in [0.5, 0.6) is 0 Å². The zero-order valence-electron chi connectivity index (χ0n) is 14.6. The van der Waals surface area contributed by atoms with E-state index in [1.54, 1.807) is 30.8 Å². The molecule has 1 unspecified atom stereocenters. The van der Waals surface area contributed by atoms with Crippen molar-refractivity contribution in [1.82, 2.24) is 4.90 Å². The molecular weight excluding hydrogens is 377 g/mol. The Morgan fingerprint density at radius 2 is 2.19 bits per heavy atom. The maximum Gasteiger partial charge on any atom is 0.348 e. The Labute approximate surface area is 159 Å². The van der Waals surface area contributed by atoms with E-state index in [9.17, 15) is 14.0 Å². The van der Waals surface area contributed by atoms with Gasteiger partial charge in [-0.2, -0.15) is 0 Å². The summed E-state index contributed by atoms with van der Waals surface area (Å²) in [5.41, 5.74) is 0.636. The Morgan fingerprint density at radius 3 is 2.92 bits per heavy atom. The fourth-order valence-corrected chi connectivity index (χ4v) is 5.34. The average Bonchev–Trinajstić information content (AvgIpc) is 3.01. The highest BCUT2D eigenvalue weighted by atomic mass is 32.2. The van der Waals surface area contributed by atoms with Crippen LogP contribution < -0.4 is 0 Å². The van der Waals surface area contributed by atoms with Crippen molar-refractivity contribution in [3.8, 4) is 0 Å². The van der Waals surface area contributed by atoms with Crippen LogP contribution in [0.2, 0.25) is 0 Å². The Balaban J connectivity index is 1.94. The summed E-state index contributed by atoms with van der Waals surface area (Å²) in [7, 11) is 1.38. The van der Waals surface area contributed by atoms with Gasteiger partial charge in [0.05, 0.1) is 13.7 Å². The lowest BCUT2D eigenvalue weighted by atomic mass is 10.1. The molecule has 5 nitrogen and oxygen atoms in total. The first kappa shape index (κ1) is 19.1. The van der Waals surface area contributed by atoms with Gasteiger partial charge in [-0.3, -0.25) is 9.69 Å². The normalized spacial score (nSPS) is 18.0. The molecule has 0 radical (unpaired) electrons. The van der Waals surface area contributed by atoms with Gasteiger partial charge in [0, 0.05) is 41.0 Å². The summed E-state index contributed by atoms with van der Waals surface area (Å²) in [6.07, 6.45) is 0. The van der Waals surface area contributed by atoms with Crippen LogP contribution in [0.25, 0.3) is 10.1 Å². The molecule has 1 atom stereocenters. The van der Waals surface area contributed by atoms with E-state index in [1.165, 1.54) is 24.5 Å². The van der Waals surface area contributed by atoms with Crippen LogP contribution in [0.15, 0.2) is 18.2 Å². The second kappa shape index (κ2) is 8.37. The highest BCUT2D eigenvalue weighted by Crippen LogP contribution is 2.35. The summed E-state index contributed by atoms with van der Waals surface area (Å²) in [5.74, 6) is -0.259. The molecule has 1 fully saturated rings. The molecule has 0 spiro atoms. The van der Waals surface area contributed by atoms with E-state index >= 15 is 0 Å². The standard InChI is InChI=1S/C18H20FNO4S2/c1-3-24-18(22)16-11(15-12(19)5-4-6-13(15)26-16)9-20-7-8-25-14(10-20)17(21)23-2/h4-6,14H,3,7-10H2,1-2H3. The van der Waals surface area contributed by atoms with Gasteiger partial charge in [0.15, 0.2) is 0 Å². The highest BCUT2D eigenvalue weighted by Gasteiger charge is 2.29. The SMILES string of the molecule is CCOC(=O)c1sc2cccc(F)c2c1CN1CCSC(C(=O)OC)C1. The Hall–Kier alpha value is -1.64. The molecule has 0 saturated carbocycles. The molecule has 2 heterocycles. The summed E-state index contributed by atoms with van der Waals surface area (Å²) in [5, 5.41) is 0.197. The molecule has 1 saturated heterocycles. The van der Waals surface area contributed by atoms with Crippen LogP contribution in [-0.2, 0) is 20.8 Å². The molecule has 1 aliphatic rings. The predicted molar refractivity (Wildman–Crippen MR) is 101 cm³/mol. The number of hydrogen-bond donors (Lipinski definition) is 0. The minimum Gasteiger partial charge on any atom is -0.468 e. The molecule has 8 heteroatoms. The first-order valence-electron chi connectivity index (χ1n) is 8.34. The molecular formula is C18H20FNO4S2. The van der Waals surface area contributed by atoms with Gasteiger partial charge in [0.2, 0.25) is 0 Å². The van der Waals surface area contributed by atoms with Gasteiger partial charge in [0.1, 0.15) is 15.9 Å². The minimum absolute atomic E-state index is 0.258. The third-order valence-electron chi connectivity index (χ3n) is 4.22. The Kier molecular flexibility index (Phi) is 6.16. The summed E-state index contributed by atoms with van der Waals surface area (Å²) in [6, 6.07) is 4.84. The first-order chi connectivity index (χ1) is 12.5. The Morgan fingerprint density at radius 1 is 1.38 bits per heavy atom. The van der Waals surface area contributed by atoms with Crippen molar-refractivity contribution in [2.24, 2.45) is 0 Å². The third-order valence-corrected chi connectivity index (χ3v) is 6.56. The number of carbonyl (C=O) groups excluding carboxylic acids is 2. The molecule has 0 N–H and O–H groups in total. The van der Waals surface area contributed by atoms with E-state index in [0.717, 1.165) is 17.0 Å². The number of nitrogens with zero attached hydrogens (tertiary/aromatic N) is 1. The second-order valence-electron chi connectivity index (χ2n) is 5.86. The zero-order chi connectivity index (χ0) is 18.7. The van der Waals surface area contributed by atoms with Gasteiger partial charge in [-0.25, -0.2) is 9.18 Å². The number of carbonyl (C=O) groups is 2. The molecule has 0 amide bonds. The van der Waals surface area contributed by atoms with Crippen molar-refractivity contribution < 1.29 is 23.5 Å². The average molecular weight is 397 g/mol. The van der Waals surface area contributed by atoms with E-state index in [0.29, 0.717) is 28.9 Å². The topological polar surface area (TPSA) is 55.8 Å². The largest absolute Gasteiger partial charge is 0.468 e. The van der Waals surface area contributed by atoms with Crippen molar-refractivity contribution in [2.45, 2.75) is 18.7 Å². The molecule has 1 aromatic carbocycles. The number of thiophene rings is 1. The summed E-state index contributed by atoms with van der Waals surface area (Å²) >= 11 is 2.81. The van der Waals surface area contributed by atoms with E-state index in [2.05, 4.69) is 4.90 Å². The van der Waals surface area contributed by atoms with Gasteiger partial charge >= 0.3 is 11.9 Å². The van der Waals surface area contributed by atoms with Crippen molar-refractivity contribution in [2.75, 3.05) is 32.6 Å². The molecule has 1 aliphatic heterocycles. The van der Waals surface area contributed by atoms with Crippen LogP contribution in [0.3, 0.4) is 0 Å². The second-order valence-corrected chi connectivity index (χ2v) is 8.22. The molecule has 140 valence electrons. The van der Waals surface area contributed by atoms with Crippen LogP contribution in [0.1, 0.15) is 22.2 Å². The van der Waals surface area contributed by atoms with Crippen molar-refractivity contribution in [3.63, 3.8) is 0 Å². The van der Waals surface area contributed by atoms with E-state index in [4.69, 9.17) is 9.47 Å². The van der Waals surface area contributed by atoms with Crippen LogP contribution in [0.4, 0.5) is 4.39 Å². The first-order valence-corrected chi connectivity index (χ1v) is 10.2. The lowest BCUT2D eigenvalue weighted by Crippen LogP contribution is -2.41. The molecule has 1 aromatic heterocycles. The van der Waals surface area contributed by atoms with Crippen LogP contribution in [0, 0.1) is 5.82 Å². The summed E-state index contributed by atoms with van der Waals surface area (Å²) in [4.78, 5) is 26.7. The van der Waals surface area contributed by atoms with Gasteiger partial charge in [-0.15, -0.1) is 23.1 Å². The van der Waals surface area contributed by atoms with Gasteiger partial charge in [0.25, 0.3) is 0 Å². The number of thioether (sulfide) groups is 1. The fourth-order valence-electron chi connectivity index (χ4n) is 3.02.